The molecule has 0 bridgehead atoms. The van der Waals surface area contributed by atoms with Crippen LogP contribution in [-0.4, -0.2) is 22.6 Å². The van der Waals surface area contributed by atoms with Gasteiger partial charge in [0, 0.05) is 16.8 Å². The van der Waals surface area contributed by atoms with Crippen LogP contribution in [-0.2, 0) is 11.4 Å². The van der Waals surface area contributed by atoms with E-state index in [0.29, 0.717) is 22.0 Å². The van der Waals surface area contributed by atoms with E-state index in [1.54, 1.807) is 36.5 Å². The van der Waals surface area contributed by atoms with E-state index in [2.05, 4.69) is 10.3 Å². The number of ether oxygens (including phenoxy) is 1. The van der Waals surface area contributed by atoms with Crippen LogP contribution in [0.3, 0.4) is 0 Å². The van der Waals surface area contributed by atoms with Gasteiger partial charge in [0.25, 0.3) is 0 Å². The van der Waals surface area contributed by atoms with Crippen LogP contribution in [0, 0.1) is 0 Å². The third kappa shape index (κ3) is 4.73. The Balaban J connectivity index is 1.82. The van der Waals surface area contributed by atoms with Crippen LogP contribution in [0.15, 0.2) is 42.7 Å². The van der Waals surface area contributed by atoms with Gasteiger partial charge < -0.3 is 15.2 Å². The first-order valence-electron chi connectivity index (χ1n) is 6.41. The predicted octanol–water partition coefficient (Wildman–Crippen LogP) is 2.63. The van der Waals surface area contributed by atoms with E-state index >= 15 is 0 Å². The molecule has 5 nitrogen and oxygen atoms in total. The second-order valence-corrected chi connectivity index (χ2v) is 4.73. The summed E-state index contributed by atoms with van der Waals surface area (Å²) in [6.07, 6.45) is 3.25. The van der Waals surface area contributed by atoms with Gasteiger partial charge in [-0.1, -0.05) is 17.7 Å². The molecule has 2 aromatic rings. The maximum atomic E-state index is 11.8. The number of hydrogen-bond acceptors (Lipinski definition) is 4. The summed E-state index contributed by atoms with van der Waals surface area (Å²) in [7, 11) is 0. The molecular formula is C15H15ClN2O3. The van der Waals surface area contributed by atoms with Crippen LogP contribution in [0.5, 0.6) is 5.75 Å². The molecular weight excluding hydrogens is 292 g/mol. The van der Waals surface area contributed by atoms with E-state index in [1.807, 2.05) is 0 Å². The highest BCUT2D eigenvalue weighted by Gasteiger charge is 2.07. The predicted molar refractivity (Wildman–Crippen MR) is 80.4 cm³/mol. The third-order valence-corrected chi connectivity index (χ3v) is 2.98. The lowest BCUT2D eigenvalue weighted by Crippen LogP contribution is -2.16. The molecule has 2 N–H and O–H groups in total. The Morgan fingerprint density at radius 1 is 1.38 bits per heavy atom. The number of nitrogens with one attached hydrogen (secondary N) is 1. The Labute approximate surface area is 127 Å². The van der Waals surface area contributed by atoms with Crippen molar-refractivity contribution in [3.8, 4) is 5.75 Å². The summed E-state index contributed by atoms with van der Waals surface area (Å²) >= 11 is 5.84. The fraction of sp³-hybridized carbons (Fsp3) is 0.200. The normalized spacial score (nSPS) is 10.2. The van der Waals surface area contributed by atoms with E-state index in [1.165, 1.54) is 6.20 Å². The fourth-order valence-corrected chi connectivity index (χ4v) is 1.89. The van der Waals surface area contributed by atoms with Crippen molar-refractivity contribution in [2.75, 3.05) is 11.9 Å². The Hall–Kier alpha value is -2.11. The van der Waals surface area contributed by atoms with Crippen molar-refractivity contribution in [2.24, 2.45) is 0 Å². The van der Waals surface area contributed by atoms with Gasteiger partial charge in [0.2, 0.25) is 5.91 Å². The maximum absolute atomic E-state index is 11.8. The number of nitrogens with zero attached hydrogens (tertiary/aromatic N) is 1. The molecule has 0 saturated heterocycles. The van der Waals surface area contributed by atoms with Gasteiger partial charge in [-0.2, -0.15) is 0 Å². The van der Waals surface area contributed by atoms with Crippen molar-refractivity contribution < 1.29 is 14.6 Å². The SMILES string of the molecule is O=C(CCOc1cccc(Cl)c1)Nc1cnccc1CO. The minimum Gasteiger partial charge on any atom is -0.493 e. The molecule has 0 saturated carbocycles. The Morgan fingerprint density at radius 2 is 2.24 bits per heavy atom. The summed E-state index contributed by atoms with van der Waals surface area (Å²) in [5.74, 6) is 0.410. The number of aromatic nitrogens is 1. The summed E-state index contributed by atoms with van der Waals surface area (Å²) in [6.45, 7) is 0.0814. The van der Waals surface area contributed by atoms with Crippen LogP contribution in [0.4, 0.5) is 5.69 Å². The first-order valence-corrected chi connectivity index (χ1v) is 6.79. The zero-order chi connectivity index (χ0) is 15.1. The van der Waals surface area contributed by atoms with Gasteiger partial charge in [-0.15, -0.1) is 0 Å². The number of carbonyl (C=O) groups excluding carboxylic acids is 1. The van der Waals surface area contributed by atoms with E-state index < -0.39 is 0 Å². The molecule has 1 aromatic carbocycles. The minimum absolute atomic E-state index is 0.156. The number of anilines is 1. The minimum atomic E-state index is -0.209. The lowest BCUT2D eigenvalue weighted by Gasteiger charge is -2.09. The van der Waals surface area contributed by atoms with Crippen molar-refractivity contribution >= 4 is 23.2 Å². The largest absolute Gasteiger partial charge is 0.493 e. The summed E-state index contributed by atoms with van der Waals surface area (Å²) in [5.41, 5.74) is 1.13. The van der Waals surface area contributed by atoms with E-state index in [0.717, 1.165) is 0 Å². The highest BCUT2D eigenvalue weighted by molar-refractivity contribution is 6.30. The molecule has 0 unspecified atom stereocenters. The van der Waals surface area contributed by atoms with Crippen LogP contribution in [0.25, 0.3) is 0 Å². The lowest BCUT2D eigenvalue weighted by molar-refractivity contribution is -0.116. The molecule has 1 heterocycles. The molecule has 110 valence electrons. The van der Waals surface area contributed by atoms with Crippen molar-refractivity contribution in [3.63, 3.8) is 0 Å². The molecule has 0 aliphatic rings. The van der Waals surface area contributed by atoms with Crippen LogP contribution in [0.1, 0.15) is 12.0 Å². The van der Waals surface area contributed by atoms with Gasteiger partial charge in [-0.05, 0) is 24.3 Å². The molecule has 1 amide bonds. The fourth-order valence-electron chi connectivity index (χ4n) is 1.70. The topological polar surface area (TPSA) is 71.5 Å². The van der Waals surface area contributed by atoms with Crippen LogP contribution in [0.2, 0.25) is 5.02 Å². The van der Waals surface area contributed by atoms with Gasteiger partial charge >= 0.3 is 0 Å². The Morgan fingerprint density at radius 3 is 3.00 bits per heavy atom. The number of halogens is 1. The average Bonchev–Trinajstić information content (AvgIpc) is 2.48. The summed E-state index contributed by atoms with van der Waals surface area (Å²) in [6, 6.07) is 8.64. The number of aliphatic hydroxyl groups is 1. The number of aliphatic hydroxyl groups excluding tert-OH is 1. The number of hydrogen-bond donors (Lipinski definition) is 2. The van der Waals surface area contributed by atoms with E-state index in [9.17, 15) is 4.79 Å². The Bertz CT molecular complexity index is 619. The number of rotatable bonds is 6. The van der Waals surface area contributed by atoms with Gasteiger partial charge in [0.05, 0.1) is 31.5 Å². The summed E-state index contributed by atoms with van der Waals surface area (Å²) in [4.78, 5) is 15.7. The van der Waals surface area contributed by atoms with Gasteiger partial charge in [-0.25, -0.2) is 0 Å². The monoisotopic (exact) mass is 306 g/mol. The molecule has 0 aliphatic carbocycles. The molecule has 0 fully saturated rings. The molecule has 0 aliphatic heterocycles. The van der Waals surface area contributed by atoms with E-state index in [4.69, 9.17) is 21.4 Å². The number of amides is 1. The number of pyridine rings is 1. The highest BCUT2D eigenvalue weighted by Crippen LogP contribution is 2.17. The molecule has 1 aromatic heterocycles. The number of benzene rings is 1. The number of carbonyl (C=O) groups is 1. The van der Waals surface area contributed by atoms with Crippen molar-refractivity contribution in [1.29, 1.82) is 0 Å². The van der Waals surface area contributed by atoms with Crippen molar-refractivity contribution in [1.82, 2.24) is 4.98 Å². The van der Waals surface area contributed by atoms with Gasteiger partial charge in [-0.3, -0.25) is 9.78 Å². The first-order chi connectivity index (χ1) is 10.2. The highest BCUT2D eigenvalue weighted by atomic mass is 35.5. The quantitative estimate of drug-likeness (QED) is 0.860. The zero-order valence-electron chi connectivity index (χ0n) is 11.3. The second-order valence-electron chi connectivity index (χ2n) is 4.29. The molecule has 21 heavy (non-hydrogen) atoms. The standard InChI is InChI=1S/C15H15ClN2O3/c16-12-2-1-3-13(8-12)21-7-5-15(20)18-14-9-17-6-4-11(14)10-19/h1-4,6,8-9,19H,5,7,10H2,(H,18,20). The first kappa shape index (κ1) is 15.3. The van der Waals surface area contributed by atoms with Crippen molar-refractivity contribution in [2.45, 2.75) is 13.0 Å². The van der Waals surface area contributed by atoms with Gasteiger partial charge in [0.1, 0.15) is 5.75 Å². The summed E-state index contributed by atoms with van der Waals surface area (Å²) in [5, 5.41) is 12.4. The Kier molecular flexibility index (Phi) is 5.54. The van der Waals surface area contributed by atoms with Gasteiger partial charge in [0.15, 0.2) is 0 Å². The van der Waals surface area contributed by atoms with Crippen LogP contribution < -0.4 is 10.1 Å². The molecule has 6 heteroatoms. The average molecular weight is 307 g/mol. The lowest BCUT2D eigenvalue weighted by atomic mass is 10.2. The molecule has 2 rings (SSSR count). The molecule has 0 radical (unpaired) electrons. The molecule has 0 spiro atoms. The second kappa shape index (κ2) is 7.61. The van der Waals surface area contributed by atoms with E-state index in [-0.39, 0.29) is 25.5 Å². The van der Waals surface area contributed by atoms with Crippen molar-refractivity contribution in [3.05, 3.63) is 53.3 Å². The molecule has 0 atom stereocenters. The zero-order valence-corrected chi connectivity index (χ0v) is 12.0. The smallest absolute Gasteiger partial charge is 0.227 e. The third-order valence-electron chi connectivity index (χ3n) is 2.75. The maximum Gasteiger partial charge on any atom is 0.227 e. The van der Waals surface area contributed by atoms with Crippen LogP contribution >= 0.6 is 11.6 Å². The summed E-state index contributed by atoms with van der Waals surface area (Å²) < 4.78 is 5.44.